The molecule has 0 heterocycles. The molecule has 264 valence electrons. The van der Waals surface area contributed by atoms with Crippen molar-refractivity contribution < 1.29 is 128 Å². The number of hydrogen-bond acceptors (Lipinski definition) is 3. The van der Waals surface area contributed by atoms with E-state index in [9.17, 15) is 119 Å². The van der Waals surface area contributed by atoms with Crippen molar-refractivity contribution in [3.63, 3.8) is 0 Å². The molecule has 0 bridgehead atoms. The lowest BCUT2D eigenvalue weighted by molar-refractivity contribution is -0.441. The Morgan fingerprint density at radius 1 is 0.318 bits per heavy atom. The lowest BCUT2D eigenvalue weighted by Crippen LogP contribution is -2.70. The van der Waals surface area contributed by atoms with E-state index in [1.165, 1.54) is 0 Å². The summed E-state index contributed by atoms with van der Waals surface area (Å²) in [6.07, 6.45) is -19.4. The second-order valence-electron chi connectivity index (χ2n) is 7.83. The second-order valence-corrected chi connectivity index (χ2v) is 7.83. The van der Waals surface area contributed by atoms with Crippen LogP contribution in [0.25, 0.3) is 0 Å². The molecule has 0 fully saturated rings. The van der Waals surface area contributed by atoms with Crippen molar-refractivity contribution in [1.29, 1.82) is 0 Å². The van der Waals surface area contributed by atoms with Gasteiger partial charge in [-0.05, 0) is 0 Å². The highest BCUT2D eigenvalue weighted by molar-refractivity contribution is 5.60. The third kappa shape index (κ3) is 5.90. The first-order valence-corrected chi connectivity index (χ1v) is 9.31. The third-order valence-corrected chi connectivity index (χ3v) is 4.74. The quantitative estimate of drug-likeness (QED) is 0.149. The molecule has 0 rings (SSSR count). The average Bonchev–Trinajstić information content (AvgIpc) is 2.78. The van der Waals surface area contributed by atoms with Crippen molar-refractivity contribution in [1.82, 2.24) is 0 Å². The molecule has 0 spiro atoms. The van der Waals surface area contributed by atoms with E-state index in [1.54, 1.807) is 0 Å². The van der Waals surface area contributed by atoms with Crippen LogP contribution >= 0.6 is 0 Å². The van der Waals surface area contributed by atoms with Gasteiger partial charge in [0.15, 0.2) is 13.2 Å². The zero-order chi connectivity index (χ0) is 36.4. The molecule has 0 aromatic heterocycles. The summed E-state index contributed by atoms with van der Waals surface area (Å²) in [6.45, 7) is -8.09. The highest BCUT2D eigenvalue weighted by atomic mass is 19.4. The molecule has 0 N–H and O–H groups in total. The van der Waals surface area contributed by atoms with Gasteiger partial charge in [-0.25, -0.2) is 4.79 Å². The van der Waals surface area contributed by atoms with Crippen LogP contribution in [0.15, 0.2) is 0 Å². The van der Waals surface area contributed by atoms with E-state index in [-0.39, 0.29) is 0 Å². The van der Waals surface area contributed by atoms with Gasteiger partial charge in [-0.2, -0.15) is 114 Å². The minimum absolute atomic E-state index is 2.55. The Labute approximate surface area is 221 Å². The molecule has 0 aromatic rings. The van der Waals surface area contributed by atoms with Crippen molar-refractivity contribution >= 4 is 6.16 Å². The van der Waals surface area contributed by atoms with Crippen LogP contribution in [0.5, 0.6) is 0 Å². The van der Waals surface area contributed by atoms with E-state index < -0.39 is 90.9 Å². The maximum atomic E-state index is 13.4. The summed E-state index contributed by atoms with van der Waals surface area (Å²) in [6, 6.07) is 0. The van der Waals surface area contributed by atoms with Gasteiger partial charge >= 0.3 is 77.7 Å². The Hall–Kier alpha value is -2.55. The Kier molecular flexibility index (Phi) is 10.1. The number of carbonyl (C=O) groups is 1. The first kappa shape index (κ1) is 41.4. The van der Waals surface area contributed by atoms with E-state index >= 15 is 0 Å². The molecule has 0 aliphatic rings. The predicted molar refractivity (Wildman–Crippen MR) is 78.9 cm³/mol. The summed E-state index contributed by atoms with van der Waals surface area (Å²) < 4.78 is 340. The zero-order valence-electron chi connectivity index (χ0n) is 19.0. The fourth-order valence-electron chi connectivity index (χ4n) is 2.13. The fourth-order valence-corrected chi connectivity index (χ4v) is 2.13. The molecule has 0 unspecified atom stereocenters. The minimum atomic E-state index is -8.49. The first-order valence-electron chi connectivity index (χ1n) is 9.31. The summed E-state index contributed by atoms with van der Waals surface area (Å²) in [5, 5.41) is 0. The van der Waals surface area contributed by atoms with Gasteiger partial charge in [-0.1, -0.05) is 0 Å². The van der Waals surface area contributed by atoms with Gasteiger partial charge in [0.2, 0.25) is 0 Å². The molecule has 0 saturated carbocycles. The molecular weight excluding hydrogens is 722 g/mol. The number of rotatable bonds is 12. The summed E-state index contributed by atoms with van der Waals surface area (Å²) in [4.78, 5) is 10.9. The molecule has 0 atom stereocenters. The number of alkyl halides is 26. The average molecular weight is 726 g/mol. The van der Waals surface area contributed by atoms with Crippen LogP contribution in [0.4, 0.5) is 119 Å². The Morgan fingerprint density at radius 2 is 0.500 bits per heavy atom. The highest BCUT2D eigenvalue weighted by Gasteiger charge is 2.92. The molecule has 0 radical (unpaired) electrons. The summed E-state index contributed by atoms with van der Waals surface area (Å²) in [5.74, 6) is -81.3. The Bertz CT molecular complexity index is 954. The van der Waals surface area contributed by atoms with E-state index in [0.29, 0.717) is 0 Å². The van der Waals surface area contributed by atoms with E-state index in [1.807, 2.05) is 0 Å². The van der Waals surface area contributed by atoms with Crippen molar-refractivity contribution in [3.05, 3.63) is 0 Å². The topological polar surface area (TPSA) is 35.5 Å². The molecule has 0 saturated heterocycles. The predicted octanol–water partition coefficient (Wildman–Crippen LogP) is 8.62. The van der Waals surface area contributed by atoms with Crippen LogP contribution < -0.4 is 0 Å². The maximum absolute atomic E-state index is 13.4. The largest absolute Gasteiger partial charge is 0.508 e. The molecule has 0 aliphatic carbocycles. The summed E-state index contributed by atoms with van der Waals surface area (Å²) in [5.41, 5.74) is 0. The molecule has 3 nitrogen and oxygen atoms in total. The molecule has 0 aromatic carbocycles. The molecule has 29 heteroatoms. The van der Waals surface area contributed by atoms with Gasteiger partial charge in [0.1, 0.15) is 0 Å². The van der Waals surface area contributed by atoms with Crippen LogP contribution in [0.3, 0.4) is 0 Å². The normalized spacial score (nSPS) is 16.2. The minimum Gasteiger partial charge on any atom is -0.428 e. The van der Waals surface area contributed by atoms with E-state index in [0.717, 1.165) is 0 Å². The standard InChI is InChI=1S/C15H4F26O3/c16-4(17,6(20,21)8(24,25)10(28,29)12(32,33)14(36,37)38)1-43-3(42)44-2-5(18,19)7(22,23)9(26,27)11(30,31)13(34,35)15(39,40)41/h1-2H2. The fraction of sp³-hybridized carbons (Fsp3) is 0.933. The molecular formula is C15H4F26O3. The first-order chi connectivity index (χ1) is 18.6. The smallest absolute Gasteiger partial charge is 0.428 e. The number of halogens is 26. The van der Waals surface area contributed by atoms with Crippen molar-refractivity contribution in [2.75, 3.05) is 13.2 Å². The molecule has 44 heavy (non-hydrogen) atoms. The van der Waals surface area contributed by atoms with Crippen LogP contribution in [-0.4, -0.2) is 90.9 Å². The van der Waals surface area contributed by atoms with Gasteiger partial charge in [0.25, 0.3) is 0 Å². The third-order valence-electron chi connectivity index (χ3n) is 4.74. The van der Waals surface area contributed by atoms with Crippen molar-refractivity contribution in [2.24, 2.45) is 0 Å². The van der Waals surface area contributed by atoms with Crippen LogP contribution in [0.2, 0.25) is 0 Å². The van der Waals surface area contributed by atoms with Gasteiger partial charge in [-0.3, -0.25) is 0 Å². The van der Waals surface area contributed by atoms with E-state index in [2.05, 4.69) is 9.47 Å². The van der Waals surface area contributed by atoms with Crippen molar-refractivity contribution in [3.8, 4) is 0 Å². The maximum Gasteiger partial charge on any atom is 0.508 e. The number of carbonyl (C=O) groups excluding carboxylic acids is 1. The summed E-state index contributed by atoms with van der Waals surface area (Å²) >= 11 is 0. The monoisotopic (exact) mass is 726 g/mol. The number of ether oxygens (including phenoxy) is 2. The molecule has 0 aliphatic heterocycles. The lowest BCUT2D eigenvalue weighted by Gasteiger charge is -2.39. The number of hydrogen-bond donors (Lipinski definition) is 0. The zero-order valence-corrected chi connectivity index (χ0v) is 19.0. The second kappa shape index (κ2) is 10.8. The van der Waals surface area contributed by atoms with Crippen molar-refractivity contribution in [2.45, 2.75) is 71.6 Å². The van der Waals surface area contributed by atoms with Crippen LogP contribution in [-0.2, 0) is 9.47 Å². The van der Waals surface area contributed by atoms with Gasteiger partial charge in [0, 0.05) is 0 Å². The van der Waals surface area contributed by atoms with Crippen LogP contribution in [0, 0.1) is 0 Å². The van der Waals surface area contributed by atoms with Crippen LogP contribution in [0.1, 0.15) is 0 Å². The van der Waals surface area contributed by atoms with Gasteiger partial charge in [-0.15, -0.1) is 0 Å². The van der Waals surface area contributed by atoms with Gasteiger partial charge < -0.3 is 9.47 Å². The Morgan fingerprint density at radius 3 is 0.682 bits per heavy atom. The SMILES string of the molecule is O=C(OCC(F)(F)C(F)(F)C(F)(F)C(F)(F)C(F)(F)C(F)(F)F)OCC(F)(F)C(F)(F)C(F)(F)C(F)(F)C(F)(F)C(F)(F)F. The van der Waals surface area contributed by atoms with Gasteiger partial charge in [0.05, 0.1) is 0 Å². The van der Waals surface area contributed by atoms with E-state index in [4.69, 9.17) is 0 Å². The highest BCUT2D eigenvalue weighted by Crippen LogP contribution is 2.61. The summed E-state index contributed by atoms with van der Waals surface area (Å²) in [7, 11) is 0. The lowest BCUT2D eigenvalue weighted by atomic mass is 9.94. The Balaban J connectivity index is 6.02. The molecule has 0 amide bonds.